The fourth-order valence-corrected chi connectivity index (χ4v) is 4.05. The van der Waals surface area contributed by atoms with Crippen molar-refractivity contribution in [3.8, 4) is 17.2 Å². The molecule has 0 radical (unpaired) electrons. The number of nitrogens with zero attached hydrogens (tertiary/aromatic N) is 2. The fraction of sp³-hybridized carbons (Fsp3) is 0.179. The Kier molecular flexibility index (Phi) is 6.11. The Balaban J connectivity index is 1.31. The molecule has 5 rings (SSSR count). The molecule has 1 heterocycles. The van der Waals surface area contributed by atoms with Crippen molar-refractivity contribution in [1.82, 2.24) is 9.55 Å². The summed E-state index contributed by atoms with van der Waals surface area (Å²) in [6.45, 7) is 1.79. The Morgan fingerprint density at radius 1 is 0.788 bits per heavy atom. The van der Waals surface area contributed by atoms with Crippen molar-refractivity contribution >= 4 is 21.8 Å². The van der Waals surface area contributed by atoms with Crippen molar-refractivity contribution in [3.63, 3.8) is 0 Å². The van der Waals surface area contributed by atoms with Gasteiger partial charge in [0.05, 0.1) is 24.8 Å². The average molecular weight is 439 g/mol. The Morgan fingerprint density at radius 3 is 2.52 bits per heavy atom. The SMILES string of the molecule is COc1cccc(OCCCn2c(COc3cccc4ccccc34)nc3ccccc32)c1. The Hall–Kier alpha value is -3.99. The van der Waals surface area contributed by atoms with Crippen LogP contribution >= 0.6 is 0 Å². The van der Waals surface area contributed by atoms with E-state index in [1.165, 1.54) is 0 Å². The normalized spacial score (nSPS) is 11.1. The Bertz CT molecular complexity index is 1370. The highest BCUT2D eigenvalue weighted by Gasteiger charge is 2.12. The van der Waals surface area contributed by atoms with E-state index in [0.29, 0.717) is 13.2 Å². The van der Waals surface area contributed by atoms with Crippen LogP contribution in [-0.2, 0) is 13.2 Å². The monoisotopic (exact) mass is 438 g/mol. The lowest BCUT2D eigenvalue weighted by molar-refractivity contribution is 0.282. The van der Waals surface area contributed by atoms with Crippen LogP contribution in [0.1, 0.15) is 12.2 Å². The lowest BCUT2D eigenvalue weighted by Crippen LogP contribution is -2.10. The predicted molar refractivity (Wildman–Crippen MR) is 131 cm³/mol. The summed E-state index contributed by atoms with van der Waals surface area (Å²) in [5, 5.41) is 2.27. The van der Waals surface area contributed by atoms with E-state index in [-0.39, 0.29) is 0 Å². The zero-order valence-electron chi connectivity index (χ0n) is 18.6. The van der Waals surface area contributed by atoms with E-state index in [4.69, 9.17) is 19.2 Å². The van der Waals surface area contributed by atoms with Gasteiger partial charge in [0, 0.05) is 18.0 Å². The summed E-state index contributed by atoms with van der Waals surface area (Å²) in [5.41, 5.74) is 2.08. The first-order valence-corrected chi connectivity index (χ1v) is 11.1. The van der Waals surface area contributed by atoms with Crippen LogP contribution in [0.25, 0.3) is 21.8 Å². The highest BCUT2D eigenvalue weighted by Crippen LogP contribution is 2.27. The van der Waals surface area contributed by atoms with Gasteiger partial charge in [-0.15, -0.1) is 0 Å². The number of aromatic nitrogens is 2. The van der Waals surface area contributed by atoms with Crippen molar-refractivity contribution in [3.05, 3.63) is 96.8 Å². The predicted octanol–water partition coefficient (Wildman–Crippen LogP) is 6.25. The van der Waals surface area contributed by atoms with Gasteiger partial charge in [0.2, 0.25) is 0 Å². The number of rotatable bonds is 9. The molecular formula is C28H26N2O3. The zero-order valence-corrected chi connectivity index (χ0v) is 18.6. The van der Waals surface area contributed by atoms with Crippen LogP contribution in [0.15, 0.2) is 91.0 Å². The summed E-state index contributed by atoms with van der Waals surface area (Å²) in [6.07, 6.45) is 0.846. The summed E-state index contributed by atoms with van der Waals surface area (Å²) < 4.78 is 19.7. The third-order valence-electron chi connectivity index (χ3n) is 5.68. The van der Waals surface area contributed by atoms with Gasteiger partial charge in [0.25, 0.3) is 0 Å². The highest BCUT2D eigenvalue weighted by atomic mass is 16.5. The van der Waals surface area contributed by atoms with Crippen molar-refractivity contribution in [2.75, 3.05) is 13.7 Å². The molecule has 5 nitrogen and oxygen atoms in total. The van der Waals surface area contributed by atoms with Crippen LogP contribution in [-0.4, -0.2) is 23.3 Å². The molecule has 0 atom stereocenters. The number of aryl methyl sites for hydroxylation is 1. The number of ether oxygens (including phenoxy) is 3. The van der Waals surface area contributed by atoms with Crippen molar-refractivity contribution in [2.45, 2.75) is 19.6 Å². The molecule has 0 amide bonds. The smallest absolute Gasteiger partial charge is 0.148 e. The molecule has 0 fully saturated rings. The van der Waals surface area contributed by atoms with E-state index >= 15 is 0 Å². The van der Waals surface area contributed by atoms with Gasteiger partial charge in [-0.1, -0.05) is 54.6 Å². The van der Waals surface area contributed by atoms with Gasteiger partial charge in [0.15, 0.2) is 0 Å². The number of hydrogen-bond acceptors (Lipinski definition) is 4. The number of imidazole rings is 1. The zero-order chi connectivity index (χ0) is 22.5. The van der Waals surface area contributed by atoms with Gasteiger partial charge in [-0.05, 0) is 42.1 Å². The van der Waals surface area contributed by atoms with E-state index < -0.39 is 0 Å². The first-order chi connectivity index (χ1) is 16.3. The molecule has 4 aromatic carbocycles. The molecule has 0 spiro atoms. The summed E-state index contributed by atoms with van der Waals surface area (Å²) in [7, 11) is 1.66. The minimum absolute atomic E-state index is 0.402. The van der Waals surface area contributed by atoms with Crippen LogP contribution in [0.2, 0.25) is 0 Å². The maximum absolute atomic E-state index is 6.25. The van der Waals surface area contributed by atoms with Crippen molar-refractivity contribution in [2.24, 2.45) is 0 Å². The second-order valence-electron chi connectivity index (χ2n) is 7.82. The Morgan fingerprint density at radius 2 is 1.58 bits per heavy atom. The highest BCUT2D eigenvalue weighted by molar-refractivity contribution is 5.88. The number of fused-ring (bicyclic) bond motifs is 2. The molecular weight excluding hydrogens is 412 g/mol. The van der Waals surface area contributed by atoms with Gasteiger partial charge in [-0.2, -0.15) is 0 Å². The van der Waals surface area contributed by atoms with Crippen LogP contribution < -0.4 is 14.2 Å². The molecule has 166 valence electrons. The first-order valence-electron chi connectivity index (χ1n) is 11.1. The van der Waals surface area contributed by atoms with Gasteiger partial charge in [0.1, 0.15) is 29.7 Å². The topological polar surface area (TPSA) is 45.5 Å². The minimum atomic E-state index is 0.402. The summed E-state index contributed by atoms with van der Waals surface area (Å²) in [4.78, 5) is 4.85. The third kappa shape index (κ3) is 4.62. The van der Waals surface area contributed by atoms with Gasteiger partial charge in [-0.25, -0.2) is 4.98 Å². The molecule has 0 bridgehead atoms. The summed E-state index contributed by atoms with van der Waals surface area (Å²) in [6, 6.07) is 30.3. The van der Waals surface area contributed by atoms with E-state index in [1.807, 2.05) is 66.7 Å². The summed E-state index contributed by atoms with van der Waals surface area (Å²) >= 11 is 0. The van der Waals surface area contributed by atoms with Crippen LogP contribution in [0, 0.1) is 0 Å². The van der Waals surface area contributed by atoms with Gasteiger partial charge in [-0.3, -0.25) is 0 Å². The molecule has 33 heavy (non-hydrogen) atoms. The lowest BCUT2D eigenvalue weighted by Gasteiger charge is -2.13. The van der Waals surface area contributed by atoms with E-state index in [0.717, 1.165) is 57.8 Å². The molecule has 0 saturated heterocycles. The molecule has 0 aliphatic carbocycles. The van der Waals surface area contributed by atoms with Gasteiger partial charge >= 0.3 is 0 Å². The molecule has 0 saturated carbocycles. The largest absolute Gasteiger partial charge is 0.497 e. The standard InChI is InChI=1S/C28H26N2O3/c1-31-22-11-7-12-23(19-22)32-18-8-17-30-26-15-5-4-14-25(26)29-28(30)20-33-27-16-6-10-21-9-2-3-13-24(21)27/h2-7,9-16,19H,8,17-18,20H2,1H3. The molecule has 1 aromatic heterocycles. The quantitative estimate of drug-likeness (QED) is 0.255. The molecule has 0 aliphatic rings. The Labute approximate surface area is 193 Å². The van der Waals surface area contributed by atoms with E-state index in [2.05, 4.69) is 28.8 Å². The molecule has 0 N–H and O–H groups in total. The number of methoxy groups -OCH3 is 1. The molecule has 5 aromatic rings. The number of benzene rings is 4. The van der Waals surface area contributed by atoms with Crippen LogP contribution in [0.3, 0.4) is 0 Å². The molecule has 0 aliphatic heterocycles. The first kappa shape index (κ1) is 20.9. The second kappa shape index (κ2) is 9.65. The van der Waals surface area contributed by atoms with E-state index in [9.17, 15) is 0 Å². The maximum atomic E-state index is 6.25. The maximum Gasteiger partial charge on any atom is 0.148 e. The third-order valence-corrected chi connectivity index (χ3v) is 5.68. The minimum Gasteiger partial charge on any atom is -0.497 e. The second-order valence-corrected chi connectivity index (χ2v) is 7.82. The lowest BCUT2D eigenvalue weighted by atomic mass is 10.1. The number of para-hydroxylation sites is 2. The van der Waals surface area contributed by atoms with Crippen molar-refractivity contribution in [1.29, 1.82) is 0 Å². The fourth-order valence-electron chi connectivity index (χ4n) is 4.05. The van der Waals surface area contributed by atoms with Crippen molar-refractivity contribution < 1.29 is 14.2 Å². The molecule has 0 unspecified atom stereocenters. The molecule has 5 heteroatoms. The summed E-state index contributed by atoms with van der Waals surface area (Å²) in [5.74, 6) is 3.38. The van der Waals surface area contributed by atoms with Gasteiger partial charge < -0.3 is 18.8 Å². The number of hydrogen-bond donors (Lipinski definition) is 0. The van der Waals surface area contributed by atoms with Crippen LogP contribution in [0.5, 0.6) is 17.2 Å². The van der Waals surface area contributed by atoms with E-state index in [1.54, 1.807) is 7.11 Å². The average Bonchev–Trinajstić information content (AvgIpc) is 3.23. The van der Waals surface area contributed by atoms with Crippen LogP contribution in [0.4, 0.5) is 0 Å².